The second kappa shape index (κ2) is 9.82. The van der Waals surface area contributed by atoms with E-state index >= 15 is 0 Å². The number of nitrogens with one attached hydrogen (secondary N) is 2. The molecule has 34 heavy (non-hydrogen) atoms. The highest BCUT2D eigenvalue weighted by Gasteiger charge is 2.33. The molecule has 1 atom stereocenters. The number of amides is 3. The molecule has 0 radical (unpaired) electrons. The molecule has 11 heteroatoms. The van der Waals surface area contributed by atoms with Crippen LogP contribution in [0.3, 0.4) is 0 Å². The summed E-state index contributed by atoms with van der Waals surface area (Å²) in [5, 5.41) is 2.78. The average Bonchev–Trinajstić information content (AvgIpc) is 3.46. The van der Waals surface area contributed by atoms with Gasteiger partial charge in [0.05, 0.1) is 35.0 Å². The fraction of sp³-hybridized carbons (Fsp3) is 0.348. The minimum Gasteiger partial charge on any atom is -0.495 e. The highest BCUT2D eigenvalue weighted by Crippen LogP contribution is 2.35. The number of methoxy groups -OCH3 is 1. The fourth-order valence-electron chi connectivity index (χ4n) is 3.94. The minimum atomic E-state index is -4.17. The van der Waals surface area contributed by atoms with Crippen molar-refractivity contribution in [3.8, 4) is 5.75 Å². The monoisotopic (exact) mass is 487 g/mol. The molecule has 2 saturated heterocycles. The Balaban J connectivity index is 1.59. The third kappa shape index (κ3) is 4.90. The summed E-state index contributed by atoms with van der Waals surface area (Å²) in [5.41, 5.74) is 0.307. The Hall–Kier alpha value is -3.44. The number of rotatable bonds is 8. The first-order chi connectivity index (χ1) is 16.3. The Morgan fingerprint density at radius 3 is 2.56 bits per heavy atom. The van der Waals surface area contributed by atoms with Crippen molar-refractivity contribution >= 4 is 39.1 Å². The number of para-hydroxylation sites is 1. The van der Waals surface area contributed by atoms with E-state index in [0.717, 1.165) is 17.7 Å². The first kappa shape index (κ1) is 23.7. The van der Waals surface area contributed by atoms with Crippen molar-refractivity contribution in [3.63, 3.8) is 0 Å². The van der Waals surface area contributed by atoms with Crippen LogP contribution in [0, 0.1) is 0 Å². The van der Waals surface area contributed by atoms with Crippen LogP contribution in [0.4, 0.5) is 11.4 Å². The molecule has 0 spiro atoms. The van der Waals surface area contributed by atoms with E-state index < -0.39 is 27.7 Å². The van der Waals surface area contributed by atoms with Crippen molar-refractivity contribution in [1.29, 1.82) is 0 Å². The second-order valence-electron chi connectivity index (χ2n) is 7.95. The maximum Gasteiger partial charge on any atom is 0.261 e. The highest BCUT2D eigenvalue weighted by molar-refractivity contribution is 7.92. The summed E-state index contributed by atoms with van der Waals surface area (Å²) in [4.78, 5) is 37.9. The largest absolute Gasteiger partial charge is 0.495 e. The van der Waals surface area contributed by atoms with Crippen LogP contribution in [0.5, 0.6) is 5.75 Å². The van der Waals surface area contributed by atoms with E-state index in [1.807, 2.05) is 0 Å². The van der Waals surface area contributed by atoms with Gasteiger partial charge in [0.1, 0.15) is 5.75 Å². The maximum atomic E-state index is 13.2. The molecular weight excluding hydrogens is 462 g/mol. The maximum absolute atomic E-state index is 13.2. The summed E-state index contributed by atoms with van der Waals surface area (Å²) in [5.74, 6) is -1.10. The molecule has 2 aromatic carbocycles. The van der Waals surface area contributed by atoms with E-state index in [-0.39, 0.29) is 46.5 Å². The van der Waals surface area contributed by atoms with Crippen LogP contribution in [0.15, 0.2) is 47.4 Å². The molecule has 2 fully saturated rings. The molecule has 0 saturated carbocycles. The topological polar surface area (TPSA) is 131 Å². The molecule has 1 unspecified atom stereocenters. The molecule has 0 aliphatic carbocycles. The zero-order valence-corrected chi connectivity index (χ0v) is 19.4. The van der Waals surface area contributed by atoms with E-state index in [4.69, 9.17) is 9.47 Å². The number of hydrogen-bond donors (Lipinski definition) is 2. The summed E-state index contributed by atoms with van der Waals surface area (Å²) < 4.78 is 39.5. The van der Waals surface area contributed by atoms with Crippen molar-refractivity contribution in [2.24, 2.45) is 0 Å². The lowest BCUT2D eigenvalue weighted by Crippen LogP contribution is -2.32. The van der Waals surface area contributed by atoms with Gasteiger partial charge in [0.2, 0.25) is 11.8 Å². The molecule has 180 valence electrons. The number of hydrogen-bond acceptors (Lipinski definition) is 7. The van der Waals surface area contributed by atoms with Gasteiger partial charge in [-0.3, -0.25) is 19.1 Å². The Kier molecular flexibility index (Phi) is 6.85. The Morgan fingerprint density at radius 1 is 1.15 bits per heavy atom. The lowest BCUT2D eigenvalue weighted by molar-refractivity contribution is -0.121. The van der Waals surface area contributed by atoms with E-state index in [2.05, 4.69) is 10.0 Å². The van der Waals surface area contributed by atoms with E-state index in [1.54, 1.807) is 12.1 Å². The van der Waals surface area contributed by atoms with Gasteiger partial charge in [0.15, 0.2) is 0 Å². The number of imide groups is 1. The molecule has 2 N–H and O–H groups in total. The molecule has 3 amide bonds. The summed E-state index contributed by atoms with van der Waals surface area (Å²) in [6.07, 6.45) is 1.84. The molecule has 2 aliphatic heterocycles. The van der Waals surface area contributed by atoms with E-state index in [0.29, 0.717) is 13.2 Å². The van der Waals surface area contributed by atoms with Gasteiger partial charge in [0.25, 0.3) is 15.9 Å². The smallest absolute Gasteiger partial charge is 0.261 e. The number of anilines is 2. The summed E-state index contributed by atoms with van der Waals surface area (Å²) in [7, 11) is -2.81. The molecule has 0 bridgehead atoms. The van der Waals surface area contributed by atoms with Crippen LogP contribution in [0.1, 0.15) is 36.0 Å². The van der Waals surface area contributed by atoms with Gasteiger partial charge >= 0.3 is 0 Å². The quantitative estimate of drug-likeness (QED) is 0.545. The summed E-state index contributed by atoms with van der Waals surface area (Å²) >= 11 is 0. The third-order valence-corrected chi connectivity index (χ3v) is 7.05. The van der Waals surface area contributed by atoms with Crippen LogP contribution in [0.25, 0.3) is 0 Å². The van der Waals surface area contributed by atoms with Crippen molar-refractivity contribution in [2.45, 2.75) is 36.7 Å². The van der Waals surface area contributed by atoms with E-state index in [1.165, 1.54) is 37.4 Å². The van der Waals surface area contributed by atoms with Crippen molar-refractivity contribution < 1.29 is 32.3 Å². The average molecular weight is 488 g/mol. The number of sulfonamides is 1. The first-order valence-electron chi connectivity index (χ1n) is 10.9. The van der Waals surface area contributed by atoms with Gasteiger partial charge in [-0.25, -0.2) is 13.3 Å². The lowest BCUT2D eigenvalue weighted by Gasteiger charge is -2.19. The first-order valence-corrected chi connectivity index (χ1v) is 12.3. The Bertz CT molecular complexity index is 1210. The Morgan fingerprint density at radius 2 is 1.88 bits per heavy atom. The molecule has 2 aliphatic rings. The molecule has 2 aromatic rings. The van der Waals surface area contributed by atoms with Crippen molar-refractivity contribution in [3.05, 3.63) is 48.0 Å². The second-order valence-corrected chi connectivity index (χ2v) is 9.64. The molecule has 0 aromatic heterocycles. The van der Waals surface area contributed by atoms with Gasteiger partial charge in [-0.2, -0.15) is 0 Å². The number of nitrogens with zero attached hydrogens (tertiary/aromatic N) is 1. The van der Waals surface area contributed by atoms with Gasteiger partial charge < -0.3 is 14.8 Å². The predicted octanol–water partition coefficient (Wildman–Crippen LogP) is 2.06. The zero-order valence-electron chi connectivity index (χ0n) is 18.6. The summed E-state index contributed by atoms with van der Waals surface area (Å²) in [6.45, 7) is 0.995. The van der Waals surface area contributed by atoms with E-state index in [9.17, 15) is 22.8 Å². The molecule has 10 nitrogen and oxygen atoms in total. The number of benzene rings is 2. The van der Waals surface area contributed by atoms with Crippen molar-refractivity contribution in [2.75, 3.05) is 29.9 Å². The highest BCUT2D eigenvalue weighted by atomic mass is 32.2. The standard InChI is InChI=1S/C23H25N3O7S/c1-32-20-9-8-16(13-19(20)26-21(27)10-11-22(26)28)34(30,31)25-18-7-3-2-6-17(18)23(29)24-14-15-5-4-12-33-15/h2-3,6-9,13,15,25H,4-5,10-12,14H2,1H3,(H,24,29). The van der Waals surface area contributed by atoms with Gasteiger partial charge in [-0.15, -0.1) is 0 Å². The minimum absolute atomic E-state index is 0.0472. The van der Waals surface area contributed by atoms with Crippen LogP contribution in [0.2, 0.25) is 0 Å². The zero-order chi connectivity index (χ0) is 24.3. The number of carbonyl (C=O) groups excluding carboxylic acids is 3. The summed E-state index contributed by atoms with van der Waals surface area (Å²) in [6, 6.07) is 10.1. The number of ether oxygens (including phenoxy) is 2. The van der Waals surface area contributed by atoms with Crippen LogP contribution in [-0.2, 0) is 24.3 Å². The molecular formula is C23H25N3O7S. The van der Waals surface area contributed by atoms with Crippen LogP contribution in [-0.4, -0.2) is 52.5 Å². The van der Waals surface area contributed by atoms with Crippen LogP contribution >= 0.6 is 0 Å². The Labute approximate surface area is 197 Å². The van der Waals surface area contributed by atoms with Crippen molar-refractivity contribution in [1.82, 2.24) is 5.32 Å². The predicted molar refractivity (Wildman–Crippen MR) is 123 cm³/mol. The van der Waals surface area contributed by atoms with Gasteiger partial charge in [-0.05, 0) is 43.2 Å². The lowest BCUT2D eigenvalue weighted by atomic mass is 10.1. The van der Waals surface area contributed by atoms with Crippen LogP contribution < -0.4 is 19.7 Å². The van der Waals surface area contributed by atoms with Gasteiger partial charge in [0, 0.05) is 26.0 Å². The van der Waals surface area contributed by atoms with Gasteiger partial charge in [-0.1, -0.05) is 12.1 Å². The molecule has 4 rings (SSSR count). The normalized spacial score (nSPS) is 18.3. The molecule has 2 heterocycles. The third-order valence-electron chi connectivity index (χ3n) is 5.68. The number of carbonyl (C=O) groups is 3. The fourth-order valence-corrected chi connectivity index (χ4v) is 5.04. The SMILES string of the molecule is COc1ccc(S(=O)(=O)Nc2ccccc2C(=O)NCC2CCCO2)cc1N1C(=O)CCC1=O.